The van der Waals surface area contributed by atoms with Crippen molar-refractivity contribution in [3.05, 3.63) is 28.0 Å². The fraction of sp³-hybridized carbons (Fsp3) is 0.125. The summed E-state index contributed by atoms with van der Waals surface area (Å²) in [5, 5.41) is 2.05. The maximum absolute atomic E-state index is 12.9. The van der Waals surface area contributed by atoms with Crippen LogP contribution in [0.15, 0.2) is 16.6 Å². The second-order valence-corrected chi connectivity index (χ2v) is 4.11. The average Bonchev–Trinajstić information content (AvgIpc) is 2.32. The van der Waals surface area contributed by atoms with E-state index in [2.05, 4.69) is 33.9 Å². The minimum atomic E-state index is -0.568. The molecule has 1 unspecified atom stereocenters. The van der Waals surface area contributed by atoms with Crippen molar-refractivity contribution in [3.63, 3.8) is 0 Å². The zero-order valence-electron chi connectivity index (χ0n) is 6.34. The van der Waals surface area contributed by atoms with Crippen molar-refractivity contribution in [2.45, 2.75) is 5.25 Å². The van der Waals surface area contributed by atoms with Crippen LogP contribution >= 0.6 is 28.6 Å². The largest absolute Gasteiger partial charge is 0.324 e. The van der Waals surface area contributed by atoms with Crippen LogP contribution in [0.1, 0.15) is 10.8 Å². The molecule has 0 saturated carbocycles. The summed E-state index contributed by atoms with van der Waals surface area (Å²) in [7, 11) is 0. The highest BCUT2D eigenvalue weighted by molar-refractivity contribution is 9.10. The van der Waals surface area contributed by atoms with E-state index in [1.807, 2.05) is 0 Å². The molecule has 0 radical (unpaired) electrons. The van der Waals surface area contributed by atoms with Gasteiger partial charge in [-0.1, -0.05) is 0 Å². The number of rotatable bonds is 0. The Morgan fingerprint density at radius 3 is 2.92 bits per heavy atom. The Hall–Kier alpha value is -0.550. The number of anilines is 1. The summed E-state index contributed by atoms with van der Waals surface area (Å²) in [6.07, 6.45) is 0. The van der Waals surface area contributed by atoms with Gasteiger partial charge in [0.05, 0.1) is 5.69 Å². The number of carbonyl (C=O) groups excluding carboxylic acids is 1. The molecule has 2 rings (SSSR count). The molecule has 1 atom stereocenters. The lowest BCUT2D eigenvalue weighted by molar-refractivity contribution is -0.115. The molecular formula is C8H5BrFNOS. The molecule has 0 spiro atoms. The lowest BCUT2D eigenvalue weighted by Gasteiger charge is -2.02. The Balaban J connectivity index is 2.63. The number of amides is 1. The van der Waals surface area contributed by atoms with E-state index >= 15 is 0 Å². The standard InChI is InChI=1S/C8H5BrFNOS/c9-5-2-3(10)1-4-6(5)11-8(12)7(4)13/h1-2,7,13H,(H,11,12). The highest BCUT2D eigenvalue weighted by Crippen LogP contribution is 2.40. The van der Waals surface area contributed by atoms with Gasteiger partial charge < -0.3 is 5.32 Å². The quantitative estimate of drug-likeness (QED) is 0.691. The zero-order valence-corrected chi connectivity index (χ0v) is 8.82. The molecule has 0 aliphatic carbocycles. The second-order valence-electron chi connectivity index (χ2n) is 2.74. The van der Waals surface area contributed by atoms with E-state index in [1.165, 1.54) is 12.1 Å². The fourth-order valence-electron chi connectivity index (χ4n) is 1.27. The molecule has 1 heterocycles. The lowest BCUT2D eigenvalue weighted by Crippen LogP contribution is -2.06. The van der Waals surface area contributed by atoms with Crippen LogP contribution in [0.25, 0.3) is 0 Å². The second kappa shape index (κ2) is 2.99. The number of thiol groups is 1. The number of hydrogen-bond donors (Lipinski definition) is 2. The Labute approximate surface area is 88.1 Å². The predicted octanol–water partition coefficient (Wildman–Crippen LogP) is 2.51. The van der Waals surface area contributed by atoms with Crippen molar-refractivity contribution >= 4 is 40.2 Å². The van der Waals surface area contributed by atoms with Gasteiger partial charge in [-0.25, -0.2) is 4.39 Å². The molecule has 5 heteroatoms. The zero-order chi connectivity index (χ0) is 9.59. The number of nitrogens with one attached hydrogen (secondary N) is 1. The number of carbonyl (C=O) groups is 1. The first-order valence-electron chi connectivity index (χ1n) is 3.57. The highest BCUT2D eigenvalue weighted by Gasteiger charge is 2.29. The minimum absolute atomic E-state index is 0.218. The van der Waals surface area contributed by atoms with Crippen LogP contribution in [0.5, 0.6) is 0 Å². The number of halogens is 2. The lowest BCUT2D eigenvalue weighted by atomic mass is 10.1. The van der Waals surface area contributed by atoms with E-state index in [-0.39, 0.29) is 11.7 Å². The maximum atomic E-state index is 12.9. The third-order valence-electron chi connectivity index (χ3n) is 1.88. The van der Waals surface area contributed by atoms with Crippen LogP contribution in [0.2, 0.25) is 0 Å². The summed E-state index contributed by atoms with van der Waals surface area (Å²) < 4.78 is 13.5. The summed E-state index contributed by atoms with van der Waals surface area (Å²) in [6, 6.07) is 2.63. The van der Waals surface area contributed by atoms with Gasteiger partial charge in [-0.2, -0.15) is 12.6 Å². The fourth-order valence-corrected chi connectivity index (χ4v) is 2.09. The van der Waals surface area contributed by atoms with Gasteiger partial charge in [-0.05, 0) is 28.1 Å². The molecule has 1 aromatic rings. The summed E-state index contributed by atoms with van der Waals surface area (Å²) >= 11 is 7.23. The molecule has 0 bridgehead atoms. The molecule has 1 N–H and O–H groups in total. The topological polar surface area (TPSA) is 29.1 Å². The van der Waals surface area contributed by atoms with Crippen molar-refractivity contribution in [2.24, 2.45) is 0 Å². The molecule has 1 aromatic carbocycles. The van der Waals surface area contributed by atoms with Crippen LogP contribution in [0.3, 0.4) is 0 Å². The monoisotopic (exact) mass is 261 g/mol. The van der Waals surface area contributed by atoms with Crippen LogP contribution in [0.4, 0.5) is 10.1 Å². The molecule has 13 heavy (non-hydrogen) atoms. The molecule has 1 aliphatic rings. The summed E-state index contributed by atoms with van der Waals surface area (Å²) in [4.78, 5) is 11.2. The first kappa shape index (κ1) is 9.02. The smallest absolute Gasteiger partial charge is 0.241 e. The molecule has 0 saturated heterocycles. The average molecular weight is 262 g/mol. The van der Waals surface area contributed by atoms with Crippen molar-refractivity contribution in [1.82, 2.24) is 0 Å². The molecule has 68 valence electrons. The predicted molar refractivity (Wildman–Crippen MR) is 54.5 cm³/mol. The van der Waals surface area contributed by atoms with Crippen molar-refractivity contribution in [3.8, 4) is 0 Å². The molecule has 0 aromatic heterocycles. The van der Waals surface area contributed by atoms with E-state index in [0.29, 0.717) is 15.7 Å². The van der Waals surface area contributed by atoms with E-state index in [4.69, 9.17) is 0 Å². The molecule has 2 nitrogen and oxygen atoms in total. The number of fused-ring (bicyclic) bond motifs is 1. The Kier molecular flexibility index (Phi) is 2.08. The van der Waals surface area contributed by atoms with Gasteiger partial charge in [-0.3, -0.25) is 4.79 Å². The Bertz CT molecular complexity index is 396. The van der Waals surface area contributed by atoms with Crippen molar-refractivity contribution in [2.75, 3.05) is 5.32 Å². The van der Waals surface area contributed by atoms with Gasteiger partial charge in [0.2, 0.25) is 5.91 Å². The third-order valence-corrected chi connectivity index (χ3v) is 3.01. The van der Waals surface area contributed by atoms with E-state index in [1.54, 1.807) is 0 Å². The summed E-state index contributed by atoms with van der Waals surface area (Å²) in [5.74, 6) is -0.592. The van der Waals surface area contributed by atoms with Gasteiger partial charge in [0.15, 0.2) is 0 Å². The molecule has 1 aliphatic heterocycles. The van der Waals surface area contributed by atoms with Crippen LogP contribution < -0.4 is 5.32 Å². The van der Waals surface area contributed by atoms with Gasteiger partial charge in [0.1, 0.15) is 11.1 Å². The first-order valence-corrected chi connectivity index (χ1v) is 4.88. The van der Waals surface area contributed by atoms with Gasteiger partial charge in [0, 0.05) is 10.0 Å². The van der Waals surface area contributed by atoms with Crippen LogP contribution in [-0.4, -0.2) is 5.91 Å². The van der Waals surface area contributed by atoms with E-state index < -0.39 is 5.25 Å². The van der Waals surface area contributed by atoms with Gasteiger partial charge in [0.25, 0.3) is 0 Å². The molecule has 1 amide bonds. The summed E-state index contributed by atoms with van der Waals surface area (Å²) in [6.45, 7) is 0. The third kappa shape index (κ3) is 1.36. The van der Waals surface area contributed by atoms with E-state index in [9.17, 15) is 9.18 Å². The van der Waals surface area contributed by atoms with Crippen molar-refractivity contribution in [1.29, 1.82) is 0 Å². The Morgan fingerprint density at radius 1 is 1.54 bits per heavy atom. The molecule has 0 fully saturated rings. The van der Waals surface area contributed by atoms with E-state index in [0.717, 1.165) is 0 Å². The van der Waals surface area contributed by atoms with Crippen molar-refractivity contribution < 1.29 is 9.18 Å². The van der Waals surface area contributed by atoms with Crippen LogP contribution in [0, 0.1) is 5.82 Å². The maximum Gasteiger partial charge on any atom is 0.241 e. The van der Waals surface area contributed by atoms with Crippen LogP contribution in [-0.2, 0) is 4.79 Å². The minimum Gasteiger partial charge on any atom is -0.324 e. The van der Waals surface area contributed by atoms with Gasteiger partial charge in [-0.15, -0.1) is 0 Å². The van der Waals surface area contributed by atoms with Gasteiger partial charge >= 0.3 is 0 Å². The summed E-state index contributed by atoms with van der Waals surface area (Å²) in [5.41, 5.74) is 1.20. The highest BCUT2D eigenvalue weighted by atomic mass is 79.9. The SMILES string of the molecule is O=C1Nc2c(Br)cc(F)cc2C1S. The Morgan fingerprint density at radius 2 is 2.23 bits per heavy atom. The first-order chi connectivity index (χ1) is 6.09. The molecular weight excluding hydrogens is 257 g/mol. The number of benzene rings is 1. The normalized spacial score (nSPS) is 19.9. The number of hydrogen-bond acceptors (Lipinski definition) is 2.